The van der Waals surface area contributed by atoms with Crippen LogP contribution in [0.3, 0.4) is 0 Å². The zero-order valence-corrected chi connectivity index (χ0v) is 17.8. The minimum Gasteiger partial charge on any atom is -0.399 e. The molecule has 3 aromatic rings. The van der Waals surface area contributed by atoms with Crippen molar-refractivity contribution in [3.05, 3.63) is 70.9 Å². The first kappa shape index (κ1) is 26.0. The SMILES string of the molecule is Cl.Cl.Cl.Nc1cccc(CCc2cc(Nc3nc(Cl)ncc3F)ccc2N)c1. The highest BCUT2D eigenvalue weighted by atomic mass is 35.5. The normalized spacial score (nSPS) is 9.50. The lowest BCUT2D eigenvalue weighted by Crippen LogP contribution is -2.02. The van der Waals surface area contributed by atoms with Crippen molar-refractivity contribution in [1.29, 1.82) is 0 Å². The molecule has 1 heterocycles. The van der Waals surface area contributed by atoms with Gasteiger partial charge in [0.2, 0.25) is 5.28 Å². The third-order valence-electron chi connectivity index (χ3n) is 3.75. The van der Waals surface area contributed by atoms with Crippen molar-refractivity contribution in [2.24, 2.45) is 0 Å². The van der Waals surface area contributed by atoms with Crippen molar-refractivity contribution < 1.29 is 4.39 Å². The monoisotopic (exact) mass is 465 g/mol. The van der Waals surface area contributed by atoms with Crippen molar-refractivity contribution in [3.8, 4) is 0 Å². The van der Waals surface area contributed by atoms with Crippen LogP contribution in [0.5, 0.6) is 0 Å². The van der Waals surface area contributed by atoms with Crippen molar-refractivity contribution in [2.75, 3.05) is 16.8 Å². The van der Waals surface area contributed by atoms with Crippen LogP contribution in [0.1, 0.15) is 11.1 Å². The van der Waals surface area contributed by atoms with Gasteiger partial charge in [-0.1, -0.05) is 12.1 Å². The number of aryl methyl sites for hydroxylation is 2. The van der Waals surface area contributed by atoms with Gasteiger partial charge >= 0.3 is 0 Å². The smallest absolute Gasteiger partial charge is 0.224 e. The van der Waals surface area contributed by atoms with E-state index in [2.05, 4.69) is 15.3 Å². The average molecular weight is 467 g/mol. The van der Waals surface area contributed by atoms with Crippen LogP contribution >= 0.6 is 48.8 Å². The van der Waals surface area contributed by atoms with Crippen LogP contribution in [0, 0.1) is 5.82 Å². The first-order valence-corrected chi connectivity index (χ1v) is 8.07. The first-order chi connectivity index (χ1) is 12.0. The number of rotatable bonds is 5. The number of nitrogens with one attached hydrogen (secondary N) is 1. The second-order valence-electron chi connectivity index (χ2n) is 5.62. The van der Waals surface area contributed by atoms with Crippen molar-refractivity contribution in [2.45, 2.75) is 12.8 Å². The van der Waals surface area contributed by atoms with E-state index >= 15 is 0 Å². The maximum atomic E-state index is 13.8. The van der Waals surface area contributed by atoms with E-state index in [1.165, 1.54) is 0 Å². The molecular weight excluding hydrogens is 447 g/mol. The van der Waals surface area contributed by atoms with E-state index in [9.17, 15) is 4.39 Å². The van der Waals surface area contributed by atoms with Gasteiger partial charge in [-0.15, -0.1) is 37.2 Å². The second kappa shape index (κ2) is 11.8. The summed E-state index contributed by atoms with van der Waals surface area (Å²) in [6.45, 7) is 0. The summed E-state index contributed by atoms with van der Waals surface area (Å²) in [4.78, 5) is 7.44. The Kier molecular flexibility index (Phi) is 10.9. The van der Waals surface area contributed by atoms with Gasteiger partial charge in [-0.05, 0) is 65.9 Å². The summed E-state index contributed by atoms with van der Waals surface area (Å²) in [7, 11) is 0. The molecule has 10 heteroatoms. The zero-order valence-electron chi connectivity index (χ0n) is 14.6. The number of nitrogens with two attached hydrogens (primary N) is 2. The van der Waals surface area contributed by atoms with Gasteiger partial charge in [-0.2, -0.15) is 4.98 Å². The van der Waals surface area contributed by atoms with E-state index in [0.717, 1.165) is 35.9 Å². The molecule has 0 saturated carbocycles. The van der Waals surface area contributed by atoms with Crippen molar-refractivity contribution >= 4 is 71.7 Å². The molecular formula is C18H20Cl4FN5. The molecule has 0 unspecified atom stereocenters. The highest BCUT2D eigenvalue weighted by Gasteiger charge is 2.08. The van der Waals surface area contributed by atoms with Gasteiger partial charge in [-0.3, -0.25) is 0 Å². The van der Waals surface area contributed by atoms with Gasteiger partial charge in [0.1, 0.15) is 0 Å². The van der Waals surface area contributed by atoms with Crippen molar-refractivity contribution in [3.63, 3.8) is 0 Å². The molecule has 5 nitrogen and oxygen atoms in total. The zero-order chi connectivity index (χ0) is 17.8. The van der Waals surface area contributed by atoms with E-state index in [0.29, 0.717) is 11.4 Å². The second-order valence-corrected chi connectivity index (χ2v) is 5.96. The Balaban J connectivity index is 0.00000243. The number of hydrogen-bond acceptors (Lipinski definition) is 5. The maximum Gasteiger partial charge on any atom is 0.224 e. The highest BCUT2D eigenvalue weighted by molar-refractivity contribution is 6.28. The molecule has 0 aliphatic rings. The van der Waals surface area contributed by atoms with Crippen LogP contribution in [0.25, 0.3) is 0 Å². The van der Waals surface area contributed by atoms with Gasteiger partial charge in [0, 0.05) is 17.1 Å². The fourth-order valence-electron chi connectivity index (χ4n) is 2.50. The quantitative estimate of drug-likeness (QED) is 0.354. The molecule has 5 N–H and O–H groups in total. The summed E-state index contributed by atoms with van der Waals surface area (Å²) in [5, 5.41) is 2.88. The molecule has 0 saturated heterocycles. The minimum absolute atomic E-state index is 0. The lowest BCUT2D eigenvalue weighted by molar-refractivity contribution is 0.619. The Morgan fingerprint density at radius 2 is 1.75 bits per heavy atom. The summed E-state index contributed by atoms with van der Waals surface area (Å²) in [6.07, 6.45) is 2.56. The molecule has 0 aliphatic carbocycles. The van der Waals surface area contributed by atoms with Crippen LogP contribution in [-0.2, 0) is 12.8 Å². The number of benzene rings is 2. The molecule has 0 bridgehead atoms. The predicted octanol–water partition coefficient (Wildman–Crippen LogP) is 5.23. The fourth-order valence-corrected chi connectivity index (χ4v) is 2.63. The third kappa shape index (κ3) is 6.87. The fraction of sp³-hybridized carbons (Fsp3) is 0.111. The molecule has 1 aromatic heterocycles. The predicted molar refractivity (Wildman–Crippen MR) is 121 cm³/mol. The average Bonchev–Trinajstić information content (AvgIpc) is 2.58. The third-order valence-corrected chi connectivity index (χ3v) is 3.94. The van der Waals surface area contributed by atoms with Gasteiger partial charge in [0.25, 0.3) is 0 Å². The molecule has 0 atom stereocenters. The largest absolute Gasteiger partial charge is 0.399 e. The Labute approximate surface area is 186 Å². The van der Waals surface area contributed by atoms with Gasteiger partial charge in [-0.25, -0.2) is 9.37 Å². The van der Waals surface area contributed by atoms with Crippen molar-refractivity contribution in [1.82, 2.24) is 9.97 Å². The summed E-state index contributed by atoms with van der Waals surface area (Å²) < 4.78 is 13.8. The number of nitrogens with zero attached hydrogens (tertiary/aromatic N) is 2. The topological polar surface area (TPSA) is 89.8 Å². The van der Waals surface area contributed by atoms with E-state index < -0.39 is 5.82 Å². The lowest BCUT2D eigenvalue weighted by atomic mass is 10.0. The highest BCUT2D eigenvalue weighted by Crippen LogP contribution is 2.24. The van der Waals surface area contributed by atoms with E-state index in [4.69, 9.17) is 23.1 Å². The van der Waals surface area contributed by atoms with E-state index in [-0.39, 0.29) is 48.3 Å². The molecule has 2 aromatic carbocycles. The van der Waals surface area contributed by atoms with Gasteiger partial charge < -0.3 is 16.8 Å². The Morgan fingerprint density at radius 1 is 1.00 bits per heavy atom. The van der Waals surface area contributed by atoms with Crippen LogP contribution in [0.15, 0.2) is 48.7 Å². The number of halogens is 5. The molecule has 0 fully saturated rings. The van der Waals surface area contributed by atoms with Crippen LogP contribution < -0.4 is 16.8 Å². The number of nitrogen functional groups attached to an aromatic ring is 2. The number of hydrogen-bond donors (Lipinski definition) is 3. The lowest BCUT2D eigenvalue weighted by Gasteiger charge is -2.11. The Hall–Kier alpha value is -1.99. The standard InChI is InChI=1S/C18H17ClFN5.3ClH/c19-18-23-10-15(20)17(25-18)24-14-6-7-16(22)12(9-14)5-4-11-2-1-3-13(21)8-11;;;/h1-3,6-10H,4-5,21-22H2,(H,23,24,25);3*1H. The number of aromatic nitrogens is 2. The van der Waals surface area contributed by atoms with E-state index in [1.807, 2.05) is 30.3 Å². The minimum atomic E-state index is -0.581. The van der Waals surface area contributed by atoms with E-state index in [1.54, 1.807) is 12.1 Å². The number of anilines is 4. The molecule has 0 amide bonds. The molecule has 0 aliphatic heterocycles. The Bertz CT molecular complexity index is 911. The summed E-state index contributed by atoms with van der Waals surface area (Å²) in [5.41, 5.74) is 16.0. The molecule has 0 spiro atoms. The van der Waals surface area contributed by atoms with Crippen LogP contribution in [0.2, 0.25) is 5.28 Å². The van der Waals surface area contributed by atoms with Gasteiger partial charge in [0.15, 0.2) is 11.6 Å². The molecule has 3 rings (SSSR count). The first-order valence-electron chi connectivity index (χ1n) is 7.69. The summed E-state index contributed by atoms with van der Waals surface area (Å²) in [5.74, 6) is -0.561. The summed E-state index contributed by atoms with van der Waals surface area (Å²) >= 11 is 5.71. The summed E-state index contributed by atoms with van der Waals surface area (Å²) in [6, 6.07) is 13.1. The maximum absolute atomic E-state index is 13.8. The molecule has 28 heavy (non-hydrogen) atoms. The molecule has 0 radical (unpaired) electrons. The molecule has 152 valence electrons. The van der Waals surface area contributed by atoms with Crippen LogP contribution in [0.4, 0.5) is 27.3 Å². The van der Waals surface area contributed by atoms with Gasteiger partial charge in [0.05, 0.1) is 6.20 Å². The van der Waals surface area contributed by atoms with Crippen LogP contribution in [-0.4, -0.2) is 9.97 Å². The Morgan fingerprint density at radius 3 is 2.46 bits per heavy atom.